The summed E-state index contributed by atoms with van der Waals surface area (Å²) in [6.07, 6.45) is 1.79. The first-order valence-electron chi connectivity index (χ1n) is 3.87. The molecule has 0 unspecified atom stereocenters. The molecule has 0 bridgehead atoms. The van der Waals surface area contributed by atoms with E-state index in [1.165, 1.54) is 0 Å². The van der Waals surface area contributed by atoms with Gasteiger partial charge in [-0.3, -0.25) is 0 Å². The van der Waals surface area contributed by atoms with Gasteiger partial charge in [0, 0.05) is 6.54 Å². The minimum Gasteiger partial charge on any atom is -0.462 e. The largest absolute Gasteiger partial charge is 0.462 e. The predicted octanol–water partition coefficient (Wildman–Crippen LogP) is 1.05. The lowest BCUT2D eigenvalue weighted by molar-refractivity contribution is 0.243. The van der Waals surface area contributed by atoms with Gasteiger partial charge in [0.05, 0.1) is 6.54 Å². The van der Waals surface area contributed by atoms with Crippen molar-refractivity contribution in [2.75, 3.05) is 6.54 Å². The van der Waals surface area contributed by atoms with Gasteiger partial charge in [-0.2, -0.15) is 0 Å². The molecular formula is C9H13NO2. The van der Waals surface area contributed by atoms with Crippen LogP contribution in [0.4, 0.5) is 0 Å². The zero-order valence-electron chi connectivity index (χ0n) is 6.92. The first kappa shape index (κ1) is 9.03. The van der Waals surface area contributed by atoms with Crippen LogP contribution in [0.1, 0.15) is 11.5 Å². The lowest BCUT2D eigenvalue weighted by Gasteiger charge is -1.96. The van der Waals surface area contributed by atoms with E-state index < -0.39 is 0 Å². The third-order valence-electron chi connectivity index (χ3n) is 1.46. The van der Waals surface area contributed by atoms with Crippen LogP contribution in [0.15, 0.2) is 29.2 Å². The molecule has 0 aromatic carbocycles. The van der Waals surface area contributed by atoms with Crippen LogP contribution in [0.25, 0.3) is 0 Å². The van der Waals surface area contributed by atoms with E-state index in [2.05, 4.69) is 11.9 Å². The number of hydrogen-bond acceptors (Lipinski definition) is 3. The first-order valence-corrected chi connectivity index (χ1v) is 3.87. The zero-order chi connectivity index (χ0) is 8.81. The van der Waals surface area contributed by atoms with Crippen LogP contribution in [0.5, 0.6) is 0 Å². The highest BCUT2D eigenvalue weighted by Gasteiger charge is 1.98. The van der Waals surface area contributed by atoms with Crippen LogP contribution in [0.2, 0.25) is 0 Å². The molecule has 1 heterocycles. The van der Waals surface area contributed by atoms with Gasteiger partial charge < -0.3 is 14.8 Å². The van der Waals surface area contributed by atoms with Crippen molar-refractivity contribution in [1.82, 2.24) is 5.32 Å². The molecule has 0 radical (unpaired) electrons. The number of furan rings is 1. The van der Waals surface area contributed by atoms with E-state index in [9.17, 15) is 0 Å². The highest BCUT2D eigenvalue weighted by molar-refractivity contribution is 5.06. The van der Waals surface area contributed by atoms with Gasteiger partial charge in [0.1, 0.15) is 18.1 Å². The Morgan fingerprint density at radius 2 is 2.25 bits per heavy atom. The smallest absolute Gasteiger partial charge is 0.129 e. The average Bonchev–Trinajstić information content (AvgIpc) is 2.53. The fourth-order valence-electron chi connectivity index (χ4n) is 0.900. The summed E-state index contributed by atoms with van der Waals surface area (Å²) >= 11 is 0. The van der Waals surface area contributed by atoms with E-state index >= 15 is 0 Å². The Hall–Kier alpha value is -1.06. The third kappa shape index (κ3) is 2.53. The molecule has 0 saturated heterocycles. The van der Waals surface area contributed by atoms with Gasteiger partial charge in [-0.05, 0) is 12.1 Å². The molecule has 66 valence electrons. The highest BCUT2D eigenvalue weighted by atomic mass is 16.4. The van der Waals surface area contributed by atoms with Gasteiger partial charge in [-0.1, -0.05) is 6.08 Å². The summed E-state index contributed by atoms with van der Waals surface area (Å²) in [7, 11) is 0. The Labute approximate surface area is 71.7 Å². The maximum absolute atomic E-state index is 8.69. The van der Waals surface area contributed by atoms with Crippen LogP contribution in [0, 0.1) is 0 Å². The molecule has 0 aliphatic rings. The molecule has 0 aliphatic carbocycles. The second-order valence-corrected chi connectivity index (χ2v) is 2.45. The standard InChI is InChI=1S/C9H13NO2/c1-2-5-10-6-8-3-4-9(7-11)12-8/h2-4,10-11H,1,5-7H2. The second-order valence-electron chi connectivity index (χ2n) is 2.45. The van der Waals surface area contributed by atoms with Crippen LogP contribution >= 0.6 is 0 Å². The molecule has 0 saturated carbocycles. The minimum atomic E-state index is -0.0402. The first-order chi connectivity index (χ1) is 5.86. The minimum absolute atomic E-state index is 0.0402. The van der Waals surface area contributed by atoms with Crippen molar-refractivity contribution in [3.8, 4) is 0 Å². The molecule has 0 spiro atoms. The van der Waals surface area contributed by atoms with Gasteiger partial charge >= 0.3 is 0 Å². The number of rotatable bonds is 5. The average molecular weight is 167 g/mol. The van der Waals surface area contributed by atoms with Crippen molar-refractivity contribution < 1.29 is 9.52 Å². The lowest BCUT2D eigenvalue weighted by atomic mass is 10.4. The highest BCUT2D eigenvalue weighted by Crippen LogP contribution is 2.06. The molecule has 1 aromatic rings. The summed E-state index contributed by atoms with van der Waals surface area (Å²) < 4.78 is 5.23. The molecule has 1 aromatic heterocycles. The maximum Gasteiger partial charge on any atom is 0.129 e. The monoisotopic (exact) mass is 167 g/mol. The van der Waals surface area contributed by atoms with E-state index in [1.807, 2.05) is 6.07 Å². The number of aliphatic hydroxyl groups is 1. The Balaban J connectivity index is 2.36. The summed E-state index contributed by atoms with van der Waals surface area (Å²) in [5.41, 5.74) is 0. The van der Waals surface area contributed by atoms with Crippen LogP contribution in [-0.2, 0) is 13.2 Å². The summed E-state index contributed by atoms with van der Waals surface area (Å²) in [5.74, 6) is 1.44. The summed E-state index contributed by atoms with van der Waals surface area (Å²) in [5, 5.41) is 11.8. The number of aliphatic hydroxyl groups excluding tert-OH is 1. The molecule has 2 N–H and O–H groups in total. The molecule has 0 fully saturated rings. The van der Waals surface area contributed by atoms with E-state index in [-0.39, 0.29) is 6.61 Å². The Morgan fingerprint density at radius 3 is 2.83 bits per heavy atom. The van der Waals surface area contributed by atoms with Gasteiger partial charge in [-0.15, -0.1) is 6.58 Å². The molecule has 0 amide bonds. The Morgan fingerprint density at radius 1 is 1.50 bits per heavy atom. The quantitative estimate of drug-likeness (QED) is 0.509. The Kier molecular flexibility index (Phi) is 3.57. The predicted molar refractivity (Wildman–Crippen MR) is 46.5 cm³/mol. The maximum atomic E-state index is 8.69. The van der Waals surface area contributed by atoms with Crippen molar-refractivity contribution in [3.05, 3.63) is 36.3 Å². The van der Waals surface area contributed by atoms with E-state index in [0.717, 1.165) is 12.3 Å². The van der Waals surface area contributed by atoms with Gasteiger partial charge in [0.2, 0.25) is 0 Å². The van der Waals surface area contributed by atoms with Crippen LogP contribution in [-0.4, -0.2) is 11.7 Å². The van der Waals surface area contributed by atoms with Crippen molar-refractivity contribution in [2.45, 2.75) is 13.2 Å². The van der Waals surface area contributed by atoms with E-state index in [0.29, 0.717) is 12.3 Å². The van der Waals surface area contributed by atoms with Crippen molar-refractivity contribution >= 4 is 0 Å². The molecular weight excluding hydrogens is 154 g/mol. The zero-order valence-corrected chi connectivity index (χ0v) is 6.92. The fraction of sp³-hybridized carbons (Fsp3) is 0.333. The number of nitrogens with one attached hydrogen (secondary N) is 1. The fourth-order valence-corrected chi connectivity index (χ4v) is 0.900. The molecule has 12 heavy (non-hydrogen) atoms. The van der Waals surface area contributed by atoms with Gasteiger partial charge in [0.25, 0.3) is 0 Å². The van der Waals surface area contributed by atoms with E-state index in [4.69, 9.17) is 9.52 Å². The summed E-state index contributed by atoms with van der Waals surface area (Å²) in [4.78, 5) is 0. The Bertz CT molecular complexity index is 242. The molecule has 3 heteroatoms. The van der Waals surface area contributed by atoms with Gasteiger partial charge in [0.15, 0.2) is 0 Å². The molecule has 3 nitrogen and oxygen atoms in total. The molecule has 0 aliphatic heterocycles. The van der Waals surface area contributed by atoms with Crippen LogP contribution in [0.3, 0.4) is 0 Å². The number of hydrogen-bond donors (Lipinski definition) is 2. The van der Waals surface area contributed by atoms with Gasteiger partial charge in [-0.25, -0.2) is 0 Å². The third-order valence-corrected chi connectivity index (χ3v) is 1.46. The molecule has 0 atom stereocenters. The normalized spacial score (nSPS) is 10.1. The topological polar surface area (TPSA) is 45.4 Å². The SMILES string of the molecule is C=CCNCc1ccc(CO)o1. The van der Waals surface area contributed by atoms with Crippen LogP contribution < -0.4 is 5.32 Å². The van der Waals surface area contributed by atoms with Crippen molar-refractivity contribution in [2.24, 2.45) is 0 Å². The van der Waals surface area contributed by atoms with E-state index in [1.54, 1.807) is 12.1 Å². The summed E-state index contributed by atoms with van der Waals surface area (Å²) in [6, 6.07) is 3.62. The summed E-state index contributed by atoms with van der Waals surface area (Å²) in [6.45, 7) is 4.97. The second kappa shape index (κ2) is 4.74. The van der Waals surface area contributed by atoms with Crippen molar-refractivity contribution in [3.63, 3.8) is 0 Å². The lowest BCUT2D eigenvalue weighted by Crippen LogP contribution is -2.11. The van der Waals surface area contributed by atoms with Crippen molar-refractivity contribution in [1.29, 1.82) is 0 Å². The molecule has 1 rings (SSSR count).